The quantitative estimate of drug-likeness (QED) is 0.677. The van der Waals surface area contributed by atoms with Crippen molar-refractivity contribution >= 4 is 23.2 Å². The Balaban J connectivity index is 1.74. The van der Waals surface area contributed by atoms with E-state index in [9.17, 15) is 9.18 Å². The second-order valence-electron chi connectivity index (χ2n) is 8.77. The van der Waals surface area contributed by atoms with Crippen LogP contribution in [0.2, 0.25) is 0 Å². The van der Waals surface area contributed by atoms with Crippen molar-refractivity contribution < 1.29 is 9.18 Å². The van der Waals surface area contributed by atoms with Crippen LogP contribution in [0.4, 0.5) is 15.9 Å². The first-order chi connectivity index (χ1) is 15.3. The number of aryl methyl sites for hydroxylation is 1. The molecule has 0 spiro atoms. The van der Waals surface area contributed by atoms with Gasteiger partial charge in [-0.25, -0.2) is 14.4 Å². The van der Waals surface area contributed by atoms with E-state index in [0.29, 0.717) is 43.6 Å². The van der Waals surface area contributed by atoms with Gasteiger partial charge in [0.2, 0.25) is 5.91 Å². The molecule has 7 heteroatoms. The molecule has 1 fully saturated rings. The Bertz CT molecular complexity index is 1080. The van der Waals surface area contributed by atoms with Crippen LogP contribution in [0.15, 0.2) is 48.1 Å². The summed E-state index contributed by atoms with van der Waals surface area (Å²) in [5.74, 6) is 1.32. The monoisotopic (exact) mass is 435 g/mol. The van der Waals surface area contributed by atoms with Gasteiger partial charge < -0.3 is 14.7 Å². The van der Waals surface area contributed by atoms with Crippen molar-refractivity contribution in [2.24, 2.45) is 4.99 Å². The number of pyridine rings is 1. The number of carbonyl (C=O) groups excluding carboxylic acids is 1. The number of hydrogen-bond acceptors (Lipinski definition) is 5. The summed E-state index contributed by atoms with van der Waals surface area (Å²) in [5, 5.41) is 0. The van der Waals surface area contributed by atoms with Crippen LogP contribution in [0.3, 0.4) is 0 Å². The molecule has 1 aromatic heterocycles. The van der Waals surface area contributed by atoms with E-state index < -0.39 is 0 Å². The number of nitrogens with zero attached hydrogens (tertiary/aromatic N) is 5. The number of benzene rings is 1. The summed E-state index contributed by atoms with van der Waals surface area (Å²) in [5.41, 5.74) is 4.12. The minimum atomic E-state index is -0.389. The summed E-state index contributed by atoms with van der Waals surface area (Å²) in [7, 11) is 0. The first-order valence-electron chi connectivity index (χ1n) is 11.1. The zero-order valence-corrected chi connectivity index (χ0v) is 19.2. The fourth-order valence-corrected chi connectivity index (χ4v) is 4.64. The Kier molecular flexibility index (Phi) is 6.00. The van der Waals surface area contributed by atoms with Gasteiger partial charge in [-0.05, 0) is 43.0 Å². The summed E-state index contributed by atoms with van der Waals surface area (Å²) in [4.78, 5) is 27.5. The highest BCUT2D eigenvalue weighted by molar-refractivity contribution is 6.05. The molecule has 1 amide bonds. The molecule has 0 radical (unpaired) electrons. The molecule has 0 aliphatic carbocycles. The van der Waals surface area contributed by atoms with Gasteiger partial charge in [0.15, 0.2) is 0 Å². The van der Waals surface area contributed by atoms with Crippen molar-refractivity contribution in [2.75, 3.05) is 31.2 Å². The fourth-order valence-electron chi connectivity index (χ4n) is 4.64. The van der Waals surface area contributed by atoms with Gasteiger partial charge in [-0.2, -0.15) is 0 Å². The van der Waals surface area contributed by atoms with Crippen LogP contribution in [-0.2, 0) is 4.79 Å². The summed E-state index contributed by atoms with van der Waals surface area (Å²) in [6.07, 6.45) is 2.62. The molecule has 1 aromatic carbocycles. The van der Waals surface area contributed by atoms with Crippen LogP contribution in [-0.4, -0.2) is 58.9 Å². The number of halogens is 1. The molecule has 1 saturated heterocycles. The normalized spacial score (nSPS) is 18.5. The zero-order valence-electron chi connectivity index (χ0n) is 19.2. The highest BCUT2D eigenvalue weighted by atomic mass is 19.1. The molecular formula is C25H30FN5O. The van der Waals surface area contributed by atoms with Gasteiger partial charge in [0.05, 0.1) is 17.4 Å². The molecule has 0 saturated carbocycles. The number of amides is 1. The van der Waals surface area contributed by atoms with E-state index in [-0.39, 0.29) is 17.8 Å². The van der Waals surface area contributed by atoms with Crippen LogP contribution < -0.4 is 4.90 Å². The molecular weight excluding hydrogens is 405 g/mol. The van der Waals surface area contributed by atoms with Gasteiger partial charge in [0.25, 0.3) is 0 Å². The van der Waals surface area contributed by atoms with Crippen molar-refractivity contribution in [1.82, 2.24) is 14.8 Å². The number of fused-ring (bicyclic) bond motifs is 1. The summed E-state index contributed by atoms with van der Waals surface area (Å²) < 4.78 is 14.3. The third kappa shape index (κ3) is 3.87. The lowest BCUT2D eigenvalue weighted by Crippen LogP contribution is -2.56. The van der Waals surface area contributed by atoms with Gasteiger partial charge in [-0.1, -0.05) is 38.6 Å². The number of aliphatic imine (C=N–C) groups is 1. The highest BCUT2D eigenvalue weighted by Gasteiger charge is 2.33. The molecule has 4 rings (SSSR count). The number of aromatic nitrogens is 1. The lowest BCUT2D eigenvalue weighted by molar-refractivity contribution is -0.128. The maximum absolute atomic E-state index is 14.3. The Hall–Kier alpha value is -3.22. The SMILES string of the molecule is C=CC(=O)N1CCN(C2=NCN(c3c(C)cccc3C(C)C)c3ncc(F)cc32)[C@@H](C)C1. The fraction of sp³-hybridized carbons (Fsp3) is 0.400. The Morgan fingerprint density at radius 3 is 2.78 bits per heavy atom. The van der Waals surface area contributed by atoms with Gasteiger partial charge in [-0.3, -0.25) is 4.79 Å². The van der Waals surface area contributed by atoms with Gasteiger partial charge in [0, 0.05) is 25.7 Å². The summed E-state index contributed by atoms with van der Waals surface area (Å²) >= 11 is 0. The van der Waals surface area contributed by atoms with Crippen molar-refractivity contribution in [1.29, 1.82) is 0 Å². The third-order valence-electron chi connectivity index (χ3n) is 6.24. The number of para-hydroxylation sites is 1. The lowest BCUT2D eigenvalue weighted by Gasteiger charge is -2.43. The summed E-state index contributed by atoms with van der Waals surface area (Å²) in [6.45, 7) is 14.2. The smallest absolute Gasteiger partial charge is 0.246 e. The van der Waals surface area contributed by atoms with Crippen LogP contribution in [0.1, 0.15) is 43.4 Å². The Morgan fingerprint density at radius 2 is 2.09 bits per heavy atom. The molecule has 0 bridgehead atoms. The number of piperazine rings is 1. The highest BCUT2D eigenvalue weighted by Crippen LogP contribution is 2.38. The van der Waals surface area contributed by atoms with E-state index in [0.717, 1.165) is 17.1 Å². The summed E-state index contributed by atoms with van der Waals surface area (Å²) in [6, 6.07) is 7.85. The van der Waals surface area contributed by atoms with Crippen molar-refractivity contribution in [2.45, 2.75) is 39.7 Å². The van der Waals surface area contributed by atoms with E-state index in [1.807, 2.05) is 0 Å². The van der Waals surface area contributed by atoms with Crippen LogP contribution >= 0.6 is 0 Å². The average Bonchev–Trinajstić information content (AvgIpc) is 2.77. The van der Waals surface area contributed by atoms with E-state index in [2.05, 4.69) is 67.3 Å². The van der Waals surface area contributed by atoms with Crippen LogP contribution in [0, 0.1) is 12.7 Å². The number of rotatable bonds is 3. The first kappa shape index (κ1) is 22.0. The van der Waals surface area contributed by atoms with Gasteiger partial charge in [-0.15, -0.1) is 0 Å². The van der Waals surface area contributed by atoms with E-state index in [4.69, 9.17) is 4.99 Å². The second kappa shape index (κ2) is 8.73. The standard InChI is InChI=1S/C25H30FN5O/c1-6-22(32)29-10-11-30(18(5)14-29)25-21-12-19(26)13-27-24(21)31(15-28-25)23-17(4)8-7-9-20(23)16(2)3/h6-9,12-13,16,18H,1,10-11,14-15H2,2-5H3/t18-/m0/s1. The van der Waals surface area contributed by atoms with E-state index in [1.54, 1.807) is 4.90 Å². The molecule has 2 aliphatic rings. The van der Waals surface area contributed by atoms with E-state index in [1.165, 1.54) is 23.9 Å². The molecule has 0 unspecified atom stereocenters. The average molecular weight is 436 g/mol. The predicted molar refractivity (Wildman–Crippen MR) is 126 cm³/mol. The number of carbonyl (C=O) groups is 1. The molecule has 2 aromatic rings. The molecule has 3 heterocycles. The van der Waals surface area contributed by atoms with Crippen LogP contribution in [0.25, 0.3) is 0 Å². The van der Waals surface area contributed by atoms with Crippen molar-refractivity contribution in [3.8, 4) is 0 Å². The second-order valence-corrected chi connectivity index (χ2v) is 8.77. The molecule has 6 nitrogen and oxygen atoms in total. The maximum atomic E-state index is 14.3. The lowest BCUT2D eigenvalue weighted by atomic mass is 9.96. The minimum absolute atomic E-state index is 0.0405. The third-order valence-corrected chi connectivity index (χ3v) is 6.24. The number of amidine groups is 1. The molecule has 168 valence electrons. The molecule has 32 heavy (non-hydrogen) atoms. The largest absolute Gasteiger partial charge is 0.350 e. The molecule has 2 aliphatic heterocycles. The minimum Gasteiger partial charge on any atom is -0.350 e. The van der Waals surface area contributed by atoms with Crippen LogP contribution in [0.5, 0.6) is 0 Å². The first-order valence-corrected chi connectivity index (χ1v) is 11.1. The van der Waals surface area contributed by atoms with E-state index >= 15 is 0 Å². The zero-order chi connectivity index (χ0) is 23.0. The van der Waals surface area contributed by atoms with Crippen molar-refractivity contribution in [3.05, 3.63) is 65.6 Å². The van der Waals surface area contributed by atoms with Crippen molar-refractivity contribution in [3.63, 3.8) is 0 Å². The number of anilines is 2. The molecule has 0 N–H and O–H groups in total. The van der Waals surface area contributed by atoms with Gasteiger partial charge >= 0.3 is 0 Å². The Labute approximate surface area is 189 Å². The predicted octanol–water partition coefficient (Wildman–Crippen LogP) is 4.23. The molecule has 1 atom stereocenters. The van der Waals surface area contributed by atoms with Gasteiger partial charge in [0.1, 0.15) is 24.1 Å². The maximum Gasteiger partial charge on any atom is 0.246 e. The number of hydrogen-bond donors (Lipinski definition) is 0. The Morgan fingerprint density at radius 1 is 1.31 bits per heavy atom. The topological polar surface area (TPSA) is 52.0 Å².